The van der Waals surface area contributed by atoms with Crippen LogP contribution in [0.25, 0.3) is 32.6 Å². The predicted octanol–water partition coefficient (Wildman–Crippen LogP) is 3.30. The molecule has 3 fully saturated rings. The van der Waals surface area contributed by atoms with Gasteiger partial charge in [-0.2, -0.15) is 4.98 Å². The first kappa shape index (κ1) is 25.2. The van der Waals surface area contributed by atoms with Gasteiger partial charge in [-0.3, -0.25) is 9.80 Å². The molecule has 1 aromatic carbocycles. The largest absolute Gasteiger partial charge is 0.384 e. The maximum absolute atomic E-state index is 15.2. The molecule has 3 saturated heterocycles. The van der Waals surface area contributed by atoms with Crippen molar-refractivity contribution in [1.82, 2.24) is 34.8 Å². The molecule has 0 spiro atoms. The zero-order valence-electron chi connectivity index (χ0n) is 21.8. The van der Waals surface area contributed by atoms with Gasteiger partial charge in [0.1, 0.15) is 15.5 Å². The molecule has 0 atom stereocenters. The summed E-state index contributed by atoms with van der Waals surface area (Å²) in [5.41, 5.74) is 1.71. The Morgan fingerprint density at radius 3 is 2.51 bits per heavy atom. The maximum atomic E-state index is 15.2. The number of rotatable bonds is 6. The van der Waals surface area contributed by atoms with Gasteiger partial charge in [-0.1, -0.05) is 0 Å². The van der Waals surface area contributed by atoms with Gasteiger partial charge in [0.25, 0.3) is 5.88 Å². The predicted molar refractivity (Wildman–Crippen MR) is 146 cm³/mol. The summed E-state index contributed by atoms with van der Waals surface area (Å²) in [6.45, 7) is 9.01. The number of aromatic nitrogens is 4. The number of benzene rings is 1. The van der Waals surface area contributed by atoms with Gasteiger partial charge in [0.2, 0.25) is 0 Å². The molecule has 4 aromatic rings. The highest BCUT2D eigenvalue weighted by Gasteiger charge is 2.27. The Labute approximate surface area is 229 Å². The molecule has 7 rings (SSSR count). The van der Waals surface area contributed by atoms with Crippen LogP contribution in [0.1, 0.15) is 17.8 Å². The topological polar surface area (TPSA) is 91.9 Å². The van der Waals surface area contributed by atoms with Crippen molar-refractivity contribution >= 4 is 32.6 Å². The molecule has 0 radical (unpaired) electrons. The van der Waals surface area contributed by atoms with Crippen LogP contribution in [0.15, 0.2) is 24.4 Å². The molecule has 0 aliphatic carbocycles. The molecule has 6 heterocycles. The molecule has 1 N–H and O–H groups in total. The number of fused-ring (bicyclic) bond motifs is 2. The minimum absolute atomic E-state index is 0.275. The van der Waals surface area contributed by atoms with Crippen LogP contribution in [0.2, 0.25) is 0 Å². The molecular weight excluding hydrogens is 521 g/mol. The van der Waals surface area contributed by atoms with E-state index in [1.807, 2.05) is 11.1 Å². The number of aromatic amines is 1. The van der Waals surface area contributed by atoms with Gasteiger partial charge in [0.05, 0.1) is 51.6 Å². The fourth-order valence-corrected chi connectivity index (χ4v) is 6.72. The van der Waals surface area contributed by atoms with Gasteiger partial charge in [-0.15, -0.1) is 16.4 Å². The first-order valence-corrected chi connectivity index (χ1v) is 14.5. The molecule has 3 aliphatic heterocycles. The van der Waals surface area contributed by atoms with Gasteiger partial charge in [-0.25, -0.2) is 14.4 Å². The van der Waals surface area contributed by atoms with Crippen LogP contribution < -0.4 is 4.84 Å². The Kier molecular flexibility index (Phi) is 7.14. The first-order valence-electron chi connectivity index (χ1n) is 13.7. The van der Waals surface area contributed by atoms with Crippen molar-refractivity contribution in [2.45, 2.75) is 25.4 Å². The number of halogens is 1. The van der Waals surface area contributed by atoms with Crippen LogP contribution >= 0.6 is 11.3 Å². The van der Waals surface area contributed by atoms with Gasteiger partial charge in [0, 0.05) is 49.3 Å². The number of H-pyrrole nitrogens is 1. The van der Waals surface area contributed by atoms with E-state index < -0.39 is 0 Å². The molecule has 0 unspecified atom stereocenters. The van der Waals surface area contributed by atoms with E-state index in [0.717, 1.165) is 79.4 Å². The van der Waals surface area contributed by atoms with E-state index in [2.05, 4.69) is 14.8 Å². The lowest BCUT2D eigenvalue weighted by atomic mass is 10.0. The first-order chi connectivity index (χ1) is 19.2. The third-order valence-corrected chi connectivity index (χ3v) is 8.86. The average Bonchev–Trinajstić information content (AvgIpc) is 3.61. The molecule has 39 heavy (non-hydrogen) atoms. The second-order valence-corrected chi connectivity index (χ2v) is 11.3. The van der Waals surface area contributed by atoms with E-state index >= 15 is 4.39 Å². The van der Waals surface area contributed by atoms with Crippen LogP contribution in [0.5, 0.6) is 5.88 Å². The number of nitrogens with zero attached hydrogens (tertiary/aromatic N) is 6. The number of ether oxygens (including phenoxy) is 2. The number of piperidine rings is 1. The standard InChI is InChI=1S/C27H32FN7O3S/c28-20-1-2-21-19(3-6-29-21)23(20)25-31-26-24(27(32-25)38-35-11-15-37-16-12-35)39-22(30-26)17-33-7-4-18(5-8-33)34-9-13-36-14-10-34/h1-3,6,18,29H,4-5,7-17H2. The molecular formula is C27H32FN7O3S. The quantitative estimate of drug-likeness (QED) is 0.386. The number of likely N-dealkylation sites (tertiary alicyclic amines) is 1. The molecule has 0 saturated carbocycles. The van der Waals surface area contributed by atoms with E-state index in [0.29, 0.717) is 49.4 Å². The number of hydrogen-bond acceptors (Lipinski definition) is 10. The second kappa shape index (κ2) is 11.0. The van der Waals surface area contributed by atoms with Crippen molar-refractivity contribution in [3.8, 4) is 17.3 Å². The number of hydrogen-bond donors (Lipinski definition) is 1. The van der Waals surface area contributed by atoms with Gasteiger partial charge in [-0.05, 0) is 31.0 Å². The summed E-state index contributed by atoms with van der Waals surface area (Å²) >= 11 is 1.56. The van der Waals surface area contributed by atoms with Crippen molar-refractivity contribution in [2.24, 2.45) is 0 Å². The van der Waals surface area contributed by atoms with Crippen molar-refractivity contribution in [3.63, 3.8) is 0 Å². The second-order valence-electron chi connectivity index (χ2n) is 10.3. The summed E-state index contributed by atoms with van der Waals surface area (Å²) in [7, 11) is 0. The summed E-state index contributed by atoms with van der Waals surface area (Å²) in [5.74, 6) is 0.313. The van der Waals surface area contributed by atoms with E-state index in [4.69, 9.17) is 29.3 Å². The Balaban J connectivity index is 1.17. The molecule has 12 heteroatoms. The highest BCUT2D eigenvalue weighted by Crippen LogP contribution is 2.36. The lowest BCUT2D eigenvalue weighted by Crippen LogP contribution is -2.48. The van der Waals surface area contributed by atoms with Crippen molar-refractivity contribution in [2.75, 3.05) is 65.7 Å². The lowest BCUT2D eigenvalue weighted by molar-refractivity contribution is -0.119. The highest BCUT2D eigenvalue weighted by atomic mass is 32.1. The number of thiazole rings is 1. The third-order valence-electron chi connectivity index (χ3n) is 7.84. The van der Waals surface area contributed by atoms with E-state index in [1.54, 1.807) is 23.6 Å². The van der Waals surface area contributed by atoms with E-state index in [-0.39, 0.29) is 11.6 Å². The lowest BCUT2D eigenvalue weighted by Gasteiger charge is -2.39. The van der Waals surface area contributed by atoms with Gasteiger partial charge < -0.3 is 19.3 Å². The van der Waals surface area contributed by atoms with E-state index in [9.17, 15) is 0 Å². The molecule has 3 aliphatic rings. The summed E-state index contributed by atoms with van der Waals surface area (Å²) < 4.78 is 26.9. The van der Waals surface area contributed by atoms with Gasteiger partial charge in [0.15, 0.2) is 11.5 Å². The van der Waals surface area contributed by atoms with Crippen molar-refractivity contribution in [1.29, 1.82) is 0 Å². The highest BCUT2D eigenvalue weighted by molar-refractivity contribution is 7.18. The minimum Gasteiger partial charge on any atom is -0.384 e. The third kappa shape index (κ3) is 5.24. The van der Waals surface area contributed by atoms with Crippen LogP contribution in [-0.4, -0.2) is 107 Å². The zero-order chi connectivity index (χ0) is 26.2. The van der Waals surface area contributed by atoms with Crippen LogP contribution in [0, 0.1) is 5.82 Å². The maximum Gasteiger partial charge on any atom is 0.261 e. The van der Waals surface area contributed by atoms with Crippen molar-refractivity contribution in [3.05, 3.63) is 35.2 Å². The van der Waals surface area contributed by atoms with Crippen LogP contribution in [0.3, 0.4) is 0 Å². The summed E-state index contributed by atoms with van der Waals surface area (Å²) in [5, 5.41) is 3.54. The van der Waals surface area contributed by atoms with Crippen LogP contribution in [-0.2, 0) is 16.0 Å². The Morgan fingerprint density at radius 1 is 0.949 bits per heavy atom. The summed E-state index contributed by atoms with van der Waals surface area (Å²) in [6.07, 6.45) is 4.10. The Hall–Kier alpha value is -2.74. The number of morpholine rings is 2. The minimum atomic E-state index is -0.377. The molecule has 0 amide bonds. The summed E-state index contributed by atoms with van der Waals surface area (Å²) in [4.78, 5) is 28.8. The number of hydroxylamine groups is 2. The number of nitrogens with one attached hydrogen (secondary N) is 1. The fraction of sp³-hybridized carbons (Fsp3) is 0.519. The molecule has 206 valence electrons. The van der Waals surface area contributed by atoms with Gasteiger partial charge >= 0.3 is 0 Å². The normalized spacial score (nSPS) is 20.7. The Morgan fingerprint density at radius 2 is 1.72 bits per heavy atom. The van der Waals surface area contributed by atoms with Crippen molar-refractivity contribution < 1.29 is 18.7 Å². The van der Waals surface area contributed by atoms with Crippen LogP contribution in [0.4, 0.5) is 4.39 Å². The summed E-state index contributed by atoms with van der Waals surface area (Å²) in [6, 6.07) is 5.64. The SMILES string of the molecule is Fc1ccc2[nH]ccc2c1-c1nc(ON2CCOCC2)c2sc(CN3CCC(N4CCOCC4)CC3)nc2n1. The molecule has 10 nitrogen and oxygen atoms in total. The molecule has 0 bridgehead atoms. The fourth-order valence-electron chi connectivity index (χ4n) is 5.75. The van der Waals surface area contributed by atoms with E-state index in [1.165, 1.54) is 6.07 Å². The smallest absolute Gasteiger partial charge is 0.261 e. The zero-order valence-corrected chi connectivity index (χ0v) is 22.6. The average molecular weight is 554 g/mol. The Bertz CT molecular complexity index is 1440. The monoisotopic (exact) mass is 553 g/mol. The molecule has 3 aromatic heterocycles.